The van der Waals surface area contributed by atoms with Crippen molar-refractivity contribution in [2.45, 2.75) is 39.8 Å². The number of ether oxygens (including phenoxy) is 2. The molecule has 250 valence electrons. The number of thiazole rings is 2. The van der Waals surface area contributed by atoms with Gasteiger partial charge < -0.3 is 19.4 Å². The number of nitrogens with zero attached hydrogens (tertiary/aromatic N) is 3. The minimum Gasteiger partial charge on any atom is -0.410 e. The van der Waals surface area contributed by atoms with Crippen LogP contribution in [0.25, 0.3) is 20.4 Å². The van der Waals surface area contributed by atoms with Gasteiger partial charge in [-0.25, -0.2) is 9.59 Å². The second-order valence-corrected chi connectivity index (χ2v) is 15.0. The predicted octanol–water partition coefficient (Wildman–Crippen LogP) is 11.3. The van der Waals surface area contributed by atoms with E-state index in [4.69, 9.17) is 50.8 Å². The third-order valence-corrected chi connectivity index (χ3v) is 9.65. The number of halogens is 1. The first-order chi connectivity index (χ1) is 23.4. The third-order valence-electron chi connectivity index (χ3n) is 7.00. The number of H-pyrrole nitrogens is 2. The monoisotopic (exact) mass is 747 g/mol. The van der Waals surface area contributed by atoms with E-state index < -0.39 is 12.2 Å². The highest BCUT2D eigenvalue weighted by Gasteiger charge is 2.23. The number of aromatic nitrogens is 2. The van der Waals surface area contributed by atoms with Crippen LogP contribution in [0.4, 0.5) is 21.0 Å². The van der Waals surface area contributed by atoms with Gasteiger partial charge in [-0.15, -0.1) is 22.7 Å². The number of anilines is 2. The molecule has 6 rings (SSSR count). The Morgan fingerprint density at radius 3 is 1.51 bits per heavy atom. The molecule has 0 saturated carbocycles. The molecule has 6 aromatic rings. The van der Waals surface area contributed by atoms with Crippen molar-refractivity contribution >= 4 is 103 Å². The Morgan fingerprint density at radius 1 is 0.714 bits per heavy atom. The molecule has 49 heavy (non-hydrogen) atoms. The number of aromatic amines is 2. The lowest BCUT2D eigenvalue weighted by Gasteiger charge is -2.26. The lowest BCUT2D eigenvalue weighted by molar-refractivity contribution is 0.204. The summed E-state index contributed by atoms with van der Waals surface area (Å²) in [5.41, 5.74) is 3.93. The highest BCUT2D eigenvalue weighted by atomic mass is 35.5. The molecule has 0 atom stereocenters. The Bertz CT molecular complexity index is 2270. The van der Waals surface area contributed by atoms with Crippen molar-refractivity contribution < 1.29 is 19.1 Å². The van der Waals surface area contributed by atoms with Crippen molar-refractivity contribution in [3.8, 4) is 17.6 Å². The average Bonchev–Trinajstić information content (AvgIpc) is 3.62. The number of rotatable bonds is 6. The molecule has 0 saturated heterocycles. The smallest absolute Gasteiger partial charge is 0.410 e. The van der Waals surface area contributed by atoms with E-state index in [9.17, 15) is 9.59 Å². The predicted molar refractivity (Wildman–Crippen MR) is 204 cm³/mol. The molecule has 0 radical (unpaired) electrons. The SMILES string of the molecule is CC(C)N(C(=O)Oc1ccc(C#N)cc1)c1ccc2[nH]c(=S)sc2c1.CC(C)N(C(=O)Oc1ccc(Cl)cc1)c1ccc2[nH]c(=S)sc2c1. The van der Waals surface area contributed by atoms with Crippen LogP contribution in [-0.4, -0.2) is 34.2 Å². The van der Waals surface area contributed by atoms with Gasteiger partial charge in [-0.3, -0.25) is 9.80 Å². The Kier molecular flexibility index (Phi) is 11.5. The molecular weight excluding hydrogens is 718 g/mol. The first-order valence-electron chi connectivity index (χ1n) is 15.0. The quantitative estimate of drug-likeness (QED) is 0.163. The maximum absolute atomic E-state index is 12.7. The molecule has 0 aliphatic rings. The summed E-state index contributed by atoms with van der Waals surface area (Å²) >= 11 is 19.1. The van der Waals surface area contributed by atoms with Crippen LogP contribution in [0, 0.1) is 19.2 Å². The summed E-state index contributed by atoms with van der Waals surface area (Å²) < 4.78 is 14.3. The molecule has 2 aromatic heterocycles. The normalized spacial score (nSPS) is 10.8. The third kappa shape index (κ3) is 8.91. The zero-order valence-corrected chi connectivity index (χ0v) is 30.7. The van der Waals surface area contributed by atoms with Gasteiger partial charge in [0.25, 0.3) is 0 Å². The molecule has 0 unspecified atom stereocenters. The van der Waals surface area contributed by atoms with Crippen LogP contribution in [-0.2, 0) is 0 Å². The standard InChI is InChI=1S/C18H15N3O2S2.C17H15ClN2O2S2/c1-11(2)21(13-5-8-15-16(9-13)25-17(24)20-15)18(22)23-14-6-3-12(10-19)4-7-14;1-10(2)20(17(21)22-13-6-3-11(18)4-7-13)12-5-8-14-15(9-12)24-16(23)19-14/h3-9,11H,1-2H3,(H,20,24);3-10H,1-2H3,(H,19,23). The van der Waals surface area contributed by atoms with Crippen molar-refractivity contribution in [3.05, 3.63) is 103 Å². The molecule has 0 aliphatic carbocycles. The summed E-state index contributed by atoms with van der Waals surface area (Å²) in [5.74, 6) is 0.849. The number of fused-ring (bicyclic) bond motifs is 2. The van der Waals surface area contributed by atoms with Crippen molar-refractivity contribution in [1.29, 1.82) is 5.26 Å². The minimum atomic E-state index is -0.474. The van der Waals surface area contributed by atoms with Crippen molar-refractivity contribution in [2.24, 2.45) is 0 Å². The maximum atomic E-state index is 12.7. The van der Waals surface area contributed by atoms with Gasteiger partial charge in [0.05, 0.1) is 32.1 Å². The van der Waals surface area contributed by atoms with Gasteiger partial charge in [-0.2, -0.15) is 5.26 Å². The number of amides is 2. The molecule has 0 spiro atoms. The first kappa shape index (κ1) is 35.7. The summed E-state index contributed by atoms with van der Waals surface area (Å²) in [5, 5.41) is 9.43. The van der Waals surface area contributed by atoms with Crippen LogP contribution in [0.5, 0.6) is 11.5 Å². The maximum Gasteiger partial charge on any atom is 0.419 e. The molecule has 2 N–H and O–H groups in total. The zero-order valence-electron chi connectivity index (χ0n) is 26.7. The van der Waals surface area contributed by atoms with Crippen LogP contribution in [0.2, 0.25) is 5.02 Å². The number of hydrogen-bond donors (Lipinski definition) is 2. The fourth-order valence-corrected chi connectivity index (χ4v) is 7.22. The molecule has 0 aliphatic heterocycles. The van der Waals surface area contributed by atoms with Gasteiger partial charge >= 0.3 is 12.2 Å². The van der Waals surface area contributed by atoms with E-state index >= 15 is 0 Å². The van der Waals surface area contributed by atoms with Crippen LogP contribution < -0.4 is 19.3 Å². The molecule has 0 fully saturated rings. The van der Waals surface area contributed by atoms with Crippen molar-refractivity contribution in [1.82, 2.24) is 9.97 Å². The van der Waals surface area contributed by atoms with Crippen LogP contribution >= 0.6 is 58.7 Å². The summed E-state index contributed by atoms with van der Waals surface area (Å²) in [7, 11) is 0. The average molecular weight is 748 g/mol. The molecule has 4 aromatic carbocycles. The lowest BCUT2D eigenvalue weighted by atomic mass is 10.2. The Hall–Kier alpha value is -4.58. The van der Waals surface area contributed by atoms with E-state index in [-0.39, 0.29) is 12.1 Å². The lowest BCUT2D eigenvalue weighted by Crippen LogP contribution is -2.39. The number of carbonyl (C=O) groups excluding carboxylic acids is 2. The number of benzene rings is 4. The molecule has 9 nitrogen and oxygen atoms in total. The van der Waals surface area contributed by atoms with E-state index in [0.29, 0.717) is 30.0 Å². The Balaban J connectivity index is 0.000000191. The second kappa shape index (κ2) is 15.8. The summed E-state index contributed by atoms with van der Waals surface area (Å²) in [4.78, 5) is 34.7. The Morgan fingerprint density at radius 2 is 1.12 bits per heavy atom. The van der Waals surface area contributed by atoms with E-state index in [2.05, 4.69) is 9.97 Å². The van der Waals surface area contributed by atoms with E-state index in [1.54, 1.807) is 58.3 Å². The number of nitriles is 1. The van der Waals surface area contributed by atoms with Crippen LogP contribution in [0.1, 0.15) is 33.3 Å². The largest absolute Gasteiger partial charge is 0.419 e. The first-order valence-corrected chi connectivity index (χ1v) is 17.8. The van der Waals surface area contributed by atoms with Gasteiger partial charge in [0.1, 0.15) is 11.5 Å². The highest BCUT2D eigenvalue weighted by molar-refractivity contribution is 7.74. The van der Waals surface area contributed by atoms with E-state index in [1.807, 2.05) is 70.2 Å². The van der Waals surface area contributed by atoms with Gasteiger partial charge in [0.15, 0.2) is 7.91 Å². The van der Waals surface area contributed by atoms with Gasteiger partial charge in [0, 0.05) is 28.5 Å². The van der Waals surface area contributed by atoms with Gasteiger partial charge in [-0.05, 0) is 137 Å². The summed E-state index contributed by atoms with van der Waals surface area (Å²) in [6.45, 7) is 7.71. The van der Waals surface area contributed by atoms with E-state index in [0.717, 1.165) is 31.8 Å². The molecular formula is C35H30ClN5O4S4. The highest BCUT2D eigenvalue weighted by Crippen LogP contribution is 2.29. The molecule has 2 amide bonds. The summed E-state index contributed by atoms with van der Waals surface area (Å²) in [6, 6.07) is 26.4. The van der Waals surface area contributed by atoms with E-state index in [1.165, 1.54) is 22.7 Å². The molecule has 2 heterocycles. The molecule has 0 bridgehead atoms. The number of nitrogens with one attached hydrogen (secondary N) is 2. The van der Waals surface area contributed by atoms with Crippen molar-refractivity contribution in [2.75, 3.05) is 9.80 Å². The van der Waals surface area contributed by atoms with Crippen molar-refractivity contribution in [3.63, 3.8) is 0 Å². The van der Waals surface area contributed by atoms with Crippen LogP contribution in [0.3, 0.4) is 0 Å². The number of carbonyl (C=O) groups is 2. The minimum absolute atomic E-state index is 0.0610. The Labute approximate surface area is 305 Å². The fourth-order valence-electron chi connectivity index (χ4n) is 4.80. The number of hydrogen-bond acceptors (Lipinski definition) is 9. The zero-order chi connectivity index (χ0) is 35.2. The second-order valence-electron chi connectivity index (χ2n) is 11.1. The van der Waals surface area contributed by atoms with Gasteiger partial charge in [0.2, 0.25) is 0 Å². The fraction of sp³-hybridized carbons (Fsp3) is 0.171. The molecule has 14 heteroatoms. The summed E-state index contributed by atoms with van der Waals surface area (Å²) in [6.07, 6.45) is -0.913. The van der Waals surface area contributed by atoms with Gasteiger partial charge in [-0.1, -0.05) is 11.6 Å². The topological polar surface area (TPSA) is 114 Å². The van der Waals surface area contributed by atoms with Crippen LogP contribution in [0.15, 0.2) is 84.9 Å².